The van der Waals surface area contributed by atoms with Crippen LogP contribution in [0.1, 0.15) is 60.3 Å². The molecule has 0 amide bonds. The van der Waals surface area contributed by atoms with Crippen LogP contribution in [-0.2, 0) is 30.2 Å². The molecule has 0 unspecified atom stereocenters. The van der Waals surface area contributed by atoms with Gasteiger partial charge in [-0.25, -0.2) is 4.79 Å². The Kier molecular flexibility index (Phi) is 7.62. The zero-order chi connectivity index (χ0) is 32.3. The lowest BCUT2D eigenvalue weighted by atomic mass is 9.65. The van der Waals surface area contributed by atoms with Crippen LogP contribution < -0.4 is 0 Å². The summed E-state index contributed by atoms with van der Waals surface area (Å²) in [7, 11) is 0. The lowest BCUT2D eigenvalue weighted by molar-refractivity contribution is -0.177. The summed E-state index contributed by atoms with van der Waals surface area (Å²) in [6, 6.07) is 35.8. The summed E-state index contributed by atoms with van der Waals surface area (Å²) < 4.78 is 13.4. The Hall–Kier alpha value is -3.91. The second kappa shape index (κ2) is 11.4. The first-order chi connectivity index (χ1) is 22.3. The van der Waals surface area contributed by atoms with E-state index in [0.717, 1.165) is 31.8 Å². The number of rotatable bonds is 7. The van der Waals surface area contributed by atoms with Crippen LogP contribution in [0.3, 0.4) is 0 Å². The first kappa shape index (κ1) is 30.7. The Morgan fingerprint density at radius 2 is 1.37 bits per heavy atom. The third-order valence-electron chi connectivity index (χ3n) is 9.47. The molecule has 7 rings (SSSR count). The molecule has 1 spiro atoms. The van der Waals surface area contributed by atoms with Gasteiger partial charge in [0.05, 0.1) is 17.9 Å². The molecule has 3 aliphatic heterocycles. The van der Waals surface area contributed by atoms with E-state index in [4.69, 9.17) is 9.47 Å². The number of nitrogens with zero attached hydrogens (tertiary/aromatic N) is 1. The topological polar surface area (TPSA) is 55.8 Å². The smallest absolute Gasteiger partial charge is 0.348 e. The number of esters is 1. The number of hydrogen-bond acceptors (Lipinski definition) is 6. The highest BCUT2D eigenvalue weighted by molar-refractivity contribution is 9.10. The molecular weight excluding hydrogens is 658 g/mol. The van der Waals surface area contributed by atoms with Crippen molar-refractivity contribution in [3.05, 3.63) is 163 Å². The highest BCUT2D eigenvalue weighted by Crippen LogP contribution is 2.74. The number of ketones is 1. The number of carbonyl (C=O) groups excluding carboxylic acids is 2. The largest absolute Gasteiger partial charge is 0.463 e. The standard InChI is InChI=1S/C39H34BrNO4S/c1-5-41-25(3)26(4)46-39(28-15-9-7-10-16-28,29-17-11-8-12-18-29)38-32-20-14-13-19-31(32)37(45-38,36(43)44-6-2)33(35(38)41)34(42)27-21-23-30(40)24-22-27/h7-24H,5-6H2,1-4H3/t37-,38+/m0/s1. The van der Waals surface area contributed by atoms with E-state index >= 15 is 4.79 Å². The van der Waals surface area contributed by atoms with Gasteiger partial charge in [-0.3, -0.25) is 4.79 Å². The molecule has 0 saturated heterocycles. The van der Waals surface area contributed by atoms with Gasteiger partial charge in [-0.2, -0.15) is 0 Å². The molecule has 3 heterocycles. The van der Waals surface area contributed by atoms with Crippen molar-refractivity contribution < 1.29 is 19.1 Å². The van der Waals surface area contributed by atoms with Crippen molar-refractivity contribution in [2.45, 2.75) is 43.6 Å². The van der Waals surface area contributed by atoms with Gasteiger partial charge in [-0.05, 0) is 68.7 Å². The molecule has 5 nitrogen and oxygen atoms in total. The molecule has 3 aliphatic rings. The summed E-state index contributed by atoms with van der Waals surface area (Å²) >= 11 is 5.24. The summed E-state index contributed by atoms with van der Waals surface area (Å²) in [5.41, 5.74) is 2.86. The summed E-state index contributed by atoms with van der Waals surface area (Å²) in [4.78, 5) is 33.1. The van der Waals surface area contributed by atoms with Gasteiger partial charge in [0, 0.05) is 32.7 Å². The van der Waals surface area contributed by atoms with Crippen molar-refractivity contribution in [1.29, 1.82) is 0 Å². The lowest BCUT2D eigenvalue weighted by Gasteiger charge is -2.49. The first-order valence-corrected chi connectivity index (χ1v) is 17.2. The van der Waals surface area contributed by atoms with Crippen molar-refractivity contribution >= 4 is 39.4 Å². The normalized spacial score (nSPS) is 22.8. The number of benzene rings is 4. The van der Waals surface area contributed by atoms with Crippen LogP contribution in [0.15, 0.2) is 136 Å². The molecular formula is C39H34BrNO4S. The molecule has 0 saturated carbocycles. The molecule has 0 aromatic heterocycles. The fourth-order valence-electron chi connectivity index (χ4n) is 7.56. The van der Waals surface area contributed by atoms with Gasteiger partial charge < -0.3 is 14.4 Å². The molecule has 4 aromatic rings. The Bertz CT molecular complexity index is 1880. The molecule has 0 fully saturated rings. The van der Waals surface area contributed by atoms with Gasteiger partial charge in [0.15, 0.2) is 11.4 Å². The molecule has 4 aromatic carbocycles. The van der Waals surface area contributed by atoms with Crippen LogP contribution in [0.2, 0.25) is 0 Å². The number of likely N-dealkylation sites (N-methyl/N-ethyl adjacent to an activating group) is 1. The zero-order valence-corrected chi connectivity index (χ0v) is 28.6. The molecule has 0 aliphatic carbocycles. The summed E-state index contributed by atoms with van der Waals surface area (Å²) in [6.45, 7) is 8.79. The van der Waals surface area contributed by atoms with E-state index in [-0.39, 0.29) is 12.4 Å². The summed E-state index contributed by atoms with van der Waals surface area (Å²) in [5, 5.41) is 0. The van der Waals surface area contributed by atoms with E-state index in [1.165, 1.54) is 0 Å². The van der Waals surface area contributed by atoms with Gasteiger partial charge >= 0.3 is 5.97 Å². The maximum absolute atomic E-state index is 15.2. The fraction of sp³-hybridized carbons (Fsp3) is 0.231. The Morgan fingerprint density at radius 1 is 0.804 bits per heavy atom. The molecule has 46 heavy (non-hydrogen) atoms. The Labute approximate surface area is 282 Å². The van der Waals surface area contributed by atoms with Gasteiger partial charge in [0.2, 0.25) is 5.60 Å². The van der Waals surface area contributed by atoms with Crippen molar-refractivity contribution in [1.82, 2.24) is 4.90 Å². The number of Topliss-reactive ketones (excluding diaryl/α,β-unsaturated/α-hetero) is 1. The third-order valence-corrected chi connectivity index (χ3v) is 11.7. The van der Waals surface area contributed by atoms with Crippen molar-refractivity contribution in [3.8, 4) is 0 Å². The minimum atomic E-state index is -1.79. The Morgan fingerprint density at radius 3 is 1.93 bits per heavy atom. The van der Waals surface area contributed by atoms with E-state index < -0.39 is 21.9 Å². The van der Waals surface area contributed by atoms with Crippen LogP contribution >= 0.6 is 27.7 Å². The minimum Gasteiger partial charge on any atom is -0.463 e. The maximum Gasteiger partial charge on any atom is 0.348 e. The van der Waals surface area contributed by atoms with Gasteiger partial charge in [0.1, 0.15) is 4.75 Å². The predicted molar refractivity (Wildman–Crippen MR) is 185 cm³/mol. The number of thioether (sulfide) groups is 1. The first-order valence-electron chi connectivity index (χ1n) is 15.6. The van der Waals surface area contributed by atoms with Gasteiger partial charge in [0.25, 0.3) is 0 Å². The minimum absolute atomic E-state index is 0.140. The number of hydrogen-bond donors (Lipinski definition) is 0. The van der Waals surface area contributed by atoms with Crippen molar-refractivity contribution in [2.75, 3.05) is 13.2 Å². The predicted octanol–water partition coefficient (Wildman–Crippen LogP) is 8.85. The summed E-state index contributed by atoms with van der Waals surface area (Å²) in [6.07, 6.45) is 0. The average molecular weight is 693 g/mol. The van der Waals surface area contributed by atoms with Crippen LogP contribution in [-0.4, -0.2) is 29.8 Å². The second-order valence-electron chi connectivity index (χ2n) is 11.7. The number of ether oxygens (including phenoxy) is 2. The third kappa shape index (κ3) is 3.98. The van der Waals surface area contributed by atoms with Crippen LogP contribution in [0.4, 0.5) is 0 Å². The van der Waals surface area contributed by atoms with Gasteiger partial charge in [-0.15, -0.1) is 11.8 Å². The number of allylic oxidation sites excluding steroid dienone is 2. The average Bonchev–Trinajstić information content (AvgIpc) is 3.55. The number of fused-ring (bicyclic) bond motifs is 3. The van der Waals surface area contributed by atoms with E-state index in [9.17, 15) is 4.79 Å². The zero-order valence-electron chi connectivity index (χ0n) is 26.2. The van der Waals surface area contributed by atoms with Gasteiger partial charge in [-0.1, -0.05) is 101 Å². The number of carbonyl (C=O) groups is 2. The molecule has 0 N–H and O–H groups in total. The summed E-state index contributed by atoms with van der Waals surface area (Å²) in [5.74, 6) is -0.854. The van der Waals surface area contributed by atoms with E-state index in [2.05, 4.69) is 71.9 Å². The lowest BCUT2D eigenvalue weighted by Crippen LogP contribution is -2.51. The van der Waals surface area contributed by atoms with E-state index in [1.807, 2.05) is 66.7 Å². The molecule has 2 atom stereocenters. The maximum atomic E-state index is 15.2. The van der Waals surface area contributed by atoms with E-state index in [0.29, 0.717) is 28.9 Å². The quantitative estimate of drug-likeness (QED) is 0.143. The fourth-order valence-corrected chi connectivity index (χ4v) is 9.44. The monoisotopic (exact) mass is 691 g/mol. The van der Waals surface area contributed by atoms with E-state index in [1.54, 1.807) is 30.8 Å². The SMILES string of the molecule is CCOC(=O)[C@@]12O[C@@]3(C(=C1C(=O)c1ccc(Br)cc1)N(CC)C(C)=C(C)SC3(c1ccccc1)c1ccccc1)c1ccccc12. The highest BCUT2D eigenvalue weighted by atomic mass is 79.9. The van der Waals surface area contributed by atoms with Crippen LogP contribution in [0, 0.1) is 0 Å². The molecule has 232 valence electrons. The van der Waals surface area contributed by atoms with Crippen LogP contribution in [0.5, 0.6) is 0 Å². The van der Waals surface area contributed by atoms with Crippen LogP contribution in [0.25, 0.3) is 0 Å². The Balaban J connectivity index is 1.72. The highest BCUT2D eigenvalue weighted by Gasteiger charge is 2.78. The number of halogens is 1. The molecule has 7 heteroatoms. The second-order valence-corrected chi connectivity index (χ2v) is 14.0. The van der Waals surface area contributed by atoms with Crippen molar-refractivity contribution in [3.63, 3.8) is 0 Å². The molecule has 0 radical (unpaired) electrons. The van der Waals surface area contributed by atoms with Crippen molar-refractivity contribution in [2.24, 2.45) is 0 Å². The molecule has 2 bridgehead atoms.